The zero-order valence-corrected chi connectivity index (χ0v) is 12.0. The summed E-state index contributed by atoms with van der Waals surface area (Å²) in [5, 5.41) is 0. The summed E-state index contributed by atoms with van der Waals surface area (Å²) >= 11 is 1.47. The third kappa shape index (κ3) is 24.1. The molecule has 2 rings (SSSR count). The molecule has 0 nitrogen and oxygen atoms in total. The van der Waals surface area contributed by atoms with Gasteiger partial charge in [-0.2, -0.15) is 0 Å². The molecule has 2 saturated carbocycles. The summed E-state index contributed by atoms with van der Waals surface area (Å²) in [5.74, 6) is 0. The van der Waals surface area contributed by atoms with Crippen LogP contribution in [0.25, 0.3) is 0 Å². The standard InChI is InChI=1S/2C5H5.C4H7.ClH.Ti/c2*1-2-4-5-3-1;1-4(2)3;;/h2*1-5H;1H,2-3H3;1H;/q;;-1;;+4/p-1. The molecule has 2 aliphatic carbocycles. The molecule has 82 valence electrons. The minimum absolute atomic E-state index is 0.917. The van der Waals surface area contributed by atoms with Crippen molar-refractivity contribution < 1.29 is 19.4 Å². The predicted molar refractivity (Wildman–Crippen MR) is 68.0 cm³/mol. The number of halogens is 1. The topological polar surface area (TPSA) is 0 Å². The molecule has 0 aromatic heterocycles. The molecular formula is C14H17ClTi+2. The molecule has 0 bridgehead atoms. The molecule has 2 aliphatic rings. The zero-order valence-electron chi connectivity index (χ0n) is 9.73. The van der Waals surface area contributed by atoms with Crippen LogP contribution in [0.1, 0.15) is 13.8 Å². The van der Waals surface area contributed by atoms with E-state index in [-0.39, 0.29) is 0 Å². The molecule has 0 aliphatic heterocycles. The molecule has 0 aromatic rings. The van der Waals surface area contributed by atoms with Crippen LogP contribution >= 0.6 is 9.30 Å². The minimum atomic E-state index is 0.917. The van der Waals surface area contributed by atoms with Crippen LogP contribution in [0.4, 0.5) is 0 Å². The molecule has 0 N–H and O–H groups in total. The van der Waals surface area contributed by atoms with E-state index in [2.05, 4.69) is 9.30 Å². The van der Waals surface area contributed by atoms with Crippen molar-refractivity contribution in [3.8, 4) is 0 Å². The Morgan fingerprint density at radius 2 is 0.750 bits per heavy atom. The average molecular weight is 269 g/mol. The molecule has 10 radical (unpaired) electrons. The van der Waals surface area contributed by atoms with Crippen molar-refractivity contribution in [2.45, 2.75) is 13.8 Å². The Labute approximate surface area is 119 Å². The van der Waals surface area contributed by atoms with E-state index in [0.717, 1.165) is 5.57 Å². The summed E-state index contributed by atoms with van der Waals surface area (Å²) in [4.78, 5) is 0. The number of rotatable bonds is 0. The van der Waals surface area contributed by atoms with Gasteiger partial charge in [0.15, 0.2) is 0 Å². The summed E-state index contributed by atoms with van der Waals surface area (Å²) in [6, 6.07) is 0. The zero-order chi connectivity index (χ0) is 12.6. The SMILES string of the molecule is [CH-]=C(C)C.[CH]1[CH][CH][CH][CH]1.[CH]1[CH][CH][CH][CH]1.[Cl][Ti+3]. The van der Waals surface area contributed by atoms with E-state index in [1.54, 1.807) is 0 Å². The second kappa shape index (κ2) is 18.1. The first kappa shape index (κ1) is 19.1. The summed E-state index contributed by atoms with van der Waals surface area (Å²) < 4.78 is 0. The van der Waals surface area contributed by atoms with Crippen LogP contribution in [-0.2, 0) is 19.4 Å². The molecule has 2 heteroatoms. The fourth-order valence-electron chi connectivity index (χ4n) is 0.642. The first-order valence-electron chi connectivity index (χ1n) is 4.81. The van der Waals surface area contributed by atoms with Crippen LogP contribution in [-0.4, -0.2) is 0 Å². The molecule has 0 spiro atoms. The Morgan fingerprint density at radius 3 is 0.812 bits per heavy atom. The summed E-state index contributed by atoms with van der Waals surface area (Å²) in [5.41, 5.74) is 0.917. The molecule has 0 heterocycles. The first-order chi connectivity index (χ1) is 7.73. The Balaban J connectivity index is 0. The molecular weight excluding hydrogens is 251 g/mol. The Hall–Kier alpha value is 0.744. The van der Waals surface area contributed by atoms with Crippen LogP contribution in [0.3, 0.4) is 0 Å². The summed E-state index contributed by atoms with van der Waals surface area (Å²) in [7, 11) is 4.64. The van der Waals surface area contributed by atoms with Crippen molar-refractivity contribution >= 4 is 9.30 Å². The number of hydrogen-bond donors (Lipinski definition) is 0. The van der Waals surface area contributed by atoms with Gasteiger partial charge in [0.05, 0.1) is 0 Å². The van der Waals surface area contributed by atoms with Crippen molar-refractivity contribution in [1.82, 2.24) is 0 Å². The van der Waals surface area contributed by atoms with Gasteiger partial charge < -0.3 is 6.58 Å². The van der Waals surface area contributed by atoms with E-state index in [1.165, 1.54) is 19.4 Å². The van der Waals surface area contributed by atoms with Crippen molar-refractivity contribution in [2.75, 3.05) is 0 Å². The van der Waals surface area contributed by atoms with Crippen molar-refractivity contribution in [2.24, 2.45) is 0 Å². The van der Waals surface area contributed by atoms with E-state index in [0.29, 0.717) is 0 Å². The van der Waals surface area contributed by atoms with Gasteiger partial charge in [-0.05, 0) is 64.2 Å². The Bertz CT molecular complexity index is 97.5. The third-order valence-electron chi connectivity index (χ3n) is 1.11. The molecule has 2 fully saturated rings. The molecule has 0 atom stereocenters. The van der Waals surface area contributed by atoms with Gasteiger partial charge in [-0.25, -0.2) is 0 Å². The van der Waals surface area contributed by atoms with Crippen molar-refractivity contribution in [1.29, 1.82) is 0 Å². The predicted octanol–water partition coefficient (Wildman–Crippen LogP) is 4.12. The first-order valence-corrected chi connectivity index (χ1v) is 6.96. The fourth-order valence-corrected chi connectivity index (χ4v) is 0.642. The van der Waals surface area contributed by atoms with Gasteiger partial charge in [0.1, 0.15) is 0 Å². The fraction of sp³-hybridized carbons (Fsp3) is 0.143. The Morgan fingerprint density at radius 1 is 0.688 bits per heavy atom. The average Bonchev–Trinajstić information content (AvgIpc) is 2.99. The van der Waals surface area contributed by atoms with Gasteiger partial charge in [0.25, 0.3) is 0 Å². The van der Waals surface area contributed by atoms with Crippen molar-refractivity contribution in [3.63, 3.8) is 0 Å². The van der Waals surface area contributed by atoms with Crippen molar-refractivity contribution in [3.05, 3.63) is 76.4 Å². The Kier molecular flexibility index (Phi) is 21.6. The van der Waals surface area contributed by atoms with Gasteiger partial charge >= 0.3 is 28.7 Å². The van der Waals surface area contributed by atoms with E-state index in [9.17, 15) is 0 Å². The monoisotopic (exact) mass is 268 g/mol. The van der Waals surface area contributed by atoms with Gasteiger partial charge in [0, 0.05) is 0 Å². The van der Waals surface area contributed by atoms with Crippen LogP contribution in [0, 0.1) is 70.8 Å². The maximum absolute atomic E-state index is 5.03. The molecule has 0 aromatic carbocycles. The van der Waals surface area contributed by atoms with Gasteiger partial charge in [-0.3, -0.25) is 5.57 Å². The second-order valence-corrected chi connectivity index (χ2v) is 3.00. The van der Waals surface area contributed by atoms with Crippen LogP contribution in [0.2, 0.25) is 0 Å². The molecule has 0 saturated heterocycles. The number of allylic oxidation sites excluding steroid dienone is 1. The number of hydrogen-bond acceptors (Lipinski definition) is 0. The summed E-state index contributed by atoms with van der Waals surface area (Å²) in [6.45, 7) is 8.75. The quantitative estimate of drug-likeness (QED) is 0.458. The molecule has 0 unspecified atom stereocenters. The van der Waals surface area contributed by atoms with Gasteiger partial charge in [0.2, 0.25) is 0 Å². The normalized spacial score (nSPS) is 17.1. The van der Waals surface area contributed by atoms with E-state index in [4.69, 9.17) is 6.58 Å². The van der Waals surface area contributed by atoms with Crippen LogP contribution in [0.5, 0.6) is 0 Å². The summed E-state index contributed by atoms with van der Waals surface area (Å²) in [6.07, 6.45) is 20.0. The van der Waals surface area contributed by atoms with Gasteiger partial charge in [-0.1, -0.05) is 13.8 Å². The van der Waals surface area contributed by atoms with E-state index >= 15 is 0 Å². The van der Waals surface area contributed by atoms with E-state index in [1.807, 2.05) is 78.1 Å². The van der Waals surface area contributed by atoms with Gasteiger partial charge in [-0.15, -0.1) is 0 Å². The van der Waals surface area contributed by atoms with Crippen LogP contribution < -0.4 is 0 Å². The molecule has 16 heavy (non-hydrogen) atoms. The maximum atomic E-state index is 5.03. The van der Waals surface area contributed by atoms with Crippen LogP contribution in [0.15, 0.2) is 5.57 Å². The third-order valence-corrected chi connectivity index (χ3v) is 1.11. The van der Waals surface area contributed by atoms with E-state index < -0.39 is 0 Å². The second-order valence-electron chi connectivity index (χ2n) is 3.00. The molecule has 0 amide bonds.